The van der Waals surface area contributed by atoms with Gasteiger partial charge in [-0.3, -0.25) is 0 Å². The molecule has 0 saturated heterocycles. The molecule has 0 atom stereocenters. The SMILES string of the molecule is Cc1cc(Oc2ccccc2C#N)nc(N)n1. The number of nitrogens with zero attached hydrogens (tertiary/aromatic N) is 3. The molecule has 1 aromatic carbocycles. The molecule has 0 unspecified atom stereocenters. The van der Waals surface area contributed by atoms with Gasteiger partial charge in [0.15, 0.2) is 0 Å². The Bertz CT molecular complexity index is 569. The van der Waals surface area contributed by atoms with Crippen LogP contribution in [0.25, 0.3) is 0 Å². The maximum absolute atomic E-state index is 8.92. The lowest BCUT2D eigenvalue weighted by atomic mass is 10.2. The van der Waals surface area contributed by atoms with Crippen molar-refractivity contribution in [1.29, 1.82) is 5.26 Å². The van der Waals surface area contributed by atoms with Gasteiger partial charge in [0.05, 0.1) is 5.56 Å². The molecule has 0 amide bonds. The van der Waals surface area contributed by atoms with E-state index in [1.165, 1.54) is 0 Å². The standard InChI is InChI=1S/C12H10N4O/c1-8-6-11(16-12(14)15-8)17-10-5-3-2-4-9(10)7-13/h2-6H,1H3,(H2,14,15,16). The molecular formula is C12H10N4O. The molecule has 84 valence electrons. The Hall–Kier alpha value is -2.61. The van der Waals surface area contributed by atoms with Gasteiger partial charge in [-0.25, -0.2) is 4.98 Å². The monoisotopic (exact) mass is 226 g/mol. The van der Waals surface area contributed by atoms with Crippen LogP contribution >= 0.6 is 0 Å². The number of nitrogen functional groups attached to an aromatic ring is 1. The van der Waals surface area contributed by atoms with Crippen molar-refractivity contribution in [1.82, 2.24) is 9.97 Å². The summed E-state index contributed by atoms with van der Waals surface area (Å²) in [6.45, 7) is 1.79. The van der Waals surface area contributed by atoms with Gasteiger partial charge in [-0.15, -0.1) is 0 Å². The molecule has 0 spiro atoms. The zero-order chi connectivity index (χ0) is 12.3. The molecule has 2 aromatic rings. The second-order valence-electron chi connectivity index (χ2n) is 3.42. The summed E-state index contributed by atoms with van der Waals surface area (Å²) in [6.07, 6.45) is 0. The zero-order valence-electron chi connectivity index (χ0n) is 9.21. The van der Waals surface area contributed by atoms with Gasteiger partial charge in [-0.05, 0) is 19.1 Å². The number of anilines is 1. The van der Waals surface area contributed by atoms with Crippen molar-refractivity contribution in [3.63, 3.8) is 0 Å². The van der Waals surface area contributed by atoms with E-state index < -0.39 is 0 Å². The Kier molecular flexibility index (Phi) is 2.88. The minimum absolute atomic E-state index is 0.148. The van der Waals surface area contributed by atoms with Crippen LogP contribution in [0.3, 0.4) is 0 Å². The molecule has 0 saturated carbocycles. The first-order chi connectivity index (χ1) is 8.19. The highest BCUT2D eigenvalue weighted by Gasteiger charge is 2.06. The molecule has 1 heterocycles. The van der Waals surface area contributed by atoms with E-state index in [1.54, 1.807) is 37.3 Å². The van der Waals surface area contributed by atoms with Gasteiger partial charge in [0.25, 0.3) is 0 Å². The van der Waals surface area contributed by atoms with E-state index in [4.69, 9.17) is 15.7 Å². The second-order valence-corrected chi connectivity index (χ2v) is 3.42. The van der Waals surface area contributed by atoms with Crippen molar-refractivity contribution in [2.45, 2.75) is 6.92 Å². The number of hydrogen-bond donors (Lipinski definition) is 1. The highest BCUT2D eigenvalue weighted by molar-refractivity contribution is 5.44. The molecule has 5 heteroatoms. The van der Waals surface area contributed by atoms with Crippen LogP contribution in [0.5, 0.6) is 11.6 Å². The third-order valence-corrected chi connectivity index (χ3v) is 2.07. The number of nitriles is 1. The summed E-state index contributed by atoms with van der Waals surface area (Å²) in [4.78, 5) is 7.88. The first-order valence-corrected chi connectivity index (χ1v) is 4.97. The van der Waals surface area contributed by atoms with Crippen molar-refractivity contribution in [2.75, 3.05) is 5.73 Å². The Morgan fingerprint density at radius 2 is 2.06 bits per heavy atom. The van der Waals surface area contributed by atoms with Gasteiger partial charge in [0.2, 0.25) is 11.8 Å². The van der Waals surface area contributed by atoms with Gasteiger partial charge in [0, 0.05) is 11.8 Å². The smallest absolute Gasteiger partial charge is 0.224 e. The van der Waals surface area contributed by atoms with Crippen LogP contribution in [-0.4, -0.2) is 9.97 Å². The fraction of sp³-hybridized carbons (Fsp3) is 0.0833. The van der Waals surface area contributed by atoms with Gasteiger partial charge in [-0.1, -0.05) is 12.1 Å². The molecule has 0 aliphatic rings. The van der Waals surface area contributed by atoms with Gasteiger partial charge in [-0.2, -0.15) is 10.2 Å². The Balaban J connectivity index is 2.35. The number of rotatable bonds is 2. The number of nitrogens with two attached hydrogens (primary N) is 1. The molecule has 0 radical (unpaired) electrons. The topological polar surface area (TPSA) is 84.8 Å². The summed E-state index contributed by atoms with van der Waals surface area (Å²) in [6, 6.07) is 10.6. The molecular weight excluding hydrogens is 216 g/mol. The lowest BCUT2D eigenvalue weighted by Crippen LogP contribution is -1.99. The second kappa shape index (κ2) is 4.49. The van der Waals surface area contributed by atoms with Gasteiger partial charge >= 0.3 is 0 Å². The fourth-order valence-electron chi connectivity index (χ4n) is 1.37. The largest absolute Gasteiger partial charge is 0.437 e. The average Bonchev–Trinajstić information content (AvgIpc) is 2.28. The minimum Gasteiger partial charge on any atom is -0.437 e. The fourth-order valence-corrected chi connectivity index (χ4v) is 1.37. The summed E-state index contributed by atoms with van der Waals surface area (Å²) in [5.41, 5.74) is 6.67. The highest BCUT2D eigenvalue weighted by atomic mass is 16.5. The lowest BCUT2D eigenvalue weighted by Gasteiger charge is -2.06. The van der Waals surface area contributed by atoms with Gasteiger partial charge in [0.1, 0.15) is 11.8 Å². The summed E-state index contributed by atoms with van der Waals surface area (Å²) in [5.74, 6) is 0.930. The molecule has 0 aliphatic carbocycles. The minimum atomic E-state index is 0.148. The molecule has 17 heavy (non-hydrogen) atoms. The Morgan fingerprint density at radius 1 is 1.29 bits per heavy atom. The van der Waals surface area contributed by atoms with Crippen molar-refractivity contribution in [2.24, 2.45) is 0 Å². The van der Waals surface area contributed by atoms with Crippen LogP contribution in [0.2, 0.25) is 0 Å². The van der Waals surface area contributed by atoms with E-state index in [-0.39, 0.29) is 5.95 Å². The van der Waals surface area contributed by atoms with Crippen molar-refractivity contribution in [3.05, 3.63) is 41.6 Å². The van der Waals surface area contributed by atoms with E-state index in [0.717, 1.165) is 0 Å². The van der Waals surface area contributed by atoms with Crippen LogP contribution < -0.4 is 10.5 Å². The first kappa shape index (κ1) is 10.9. The molecule has 0 aliphatic heterocycles. The molecule has 0 bridgehead atoms. The molecule has 2 rings (SSSR count). The molecule has 0 fully saturated rings. The van der Waals surface area contributed by atoms with E-state index in [9.17, 15) is 0 Å². The Morgan fingerprint density at radius 3 is 2.76 bits per heavy atom. The van der Waals surface area contributed by atoms with E-state index in [2.05, 4.69) is 9.97 Å². The molecule has 5 nitrogen and oxygen atoms in total. The third kappa shape index (κ3) is 2.49. The summed E-state index contributed by atoms with van der Waals surface area (Å²) in [7, 11) is 0. The van der Waals surface area contributed by atoms with Crippen LogP contribution in [0, 0.1) is 18.3 Å². The van der Waals surface area contributed by atoms with Crippen LogP contribution in [0.4, 0.5) is 5.95 Å². The van der Waals surface area contributed by atoms with Crippen LogP contribution in [0.15, 0.2) is 30.3 Å². The van der Waals surface area contributed by atoms with E-state index >= 15 is 0 Å². The number of ether oxygens (including phenoxy) is 1. The van der Waals surface area contributed by atoms with Crippen LogP contribution in [0.1, 0.15) is 11.3 Å². The first-order valence-electron chi connectivity index (χ1n) is 4.97. The predicted octanol–water partition coefficient (Wildman–Crippen LogP) is 2.03. The number of benzene rings is 1. The van der Waals surface area contributed by atoms with Crippen molar-refractivity contribution >= 4 is 5.95 Å². The lowest BCUT2D eigenvalue weighted by molar-refractivity contribution is 0.460. The number of aromatic nitrogens is 2. The van der Waals surface area contributed by atoms with E-state index in [1.807, 2.05) is 6.07 Å². The van der Waals surface area contributed by atoms with Crippen molar-refractivity contribution in [3.8, 4) is 17.7 Å². The maximum Gasteiger partial charge on any atom is 0.224 e. The Labute approximate surface area is 98.5 Å². The maximum atomic E-state index is 8.92. The average molecular weight is 226 g/mol. The zero-order valence-corrected chi connectivity index (χ0v) is 9.21. The normalized spacial score (nSPS) is 9.65. The predicted molar refractivity (Wildman–Crippen MR) is 62.4 cm³/mol. The van der Waals surface area contributed by atoms with Crippen LogP contribution in [-0.2, 0) is 0 Å². The van der Waals surface area contributed by atoms with Gasteiger partial charge < -0.3 is 10.5 Å². The molecule has 1 aromatic heterocycles. The number of aryl methyl sites for hydroxylation is 1. The van der Waals surface area contributed by atoms with Crippen molar-refractivity contribution < 1.29 is 4.74 Å². The number of hydrogen-bond acceptors (Lipinski definition) is 5. The summed E-state index contributed by atoms with van der Waals surface area (Å²) >= 11 is 0. The van der Waals surface area contributed by atoms with E-state index in [0.29, 0.717) is 22.9 Å². The quantitative estimate of drug-likeness (QED) is 0.846. The summed E-state index contributed by atoms with van der Waals surface area (Å²) < 4.78 is 5.51. The highest BCUT2D eigenvalue weighted by Crippen LogP contribution is 2.23. The summed E-state index contributed by atoms with van der Waals surface area (Å²) in [5, 5.41) is 8.92. The molecule has 2 N–H and O–H groups in total. The number of para-hydroxylation sites is 1. The third-order valence-electron chi connectivity index (χ3n) is 2.07.